The molecule has 0 aliphatic rings. The Bertz CT molecular complexity index is 410. The molecule has 4 nitrogen and oxygen atoms in total. The second-order valence-corrected chi connectivity index (χ2v) is 4.08. The lowest BCUT2D eigenvalue weighted by molar-refractivity contribution is -0.122. The molecule has 88 valence electrons. The molecule has 1 rings (SSSR count). The van der Waals surface area contributed by atoms with Gasteiger partial charge in [0, 0.05) is 10.6 Å². The molecule has 0 radical (unpaired) electrons. The lowest BCUT2D eigenvalue weighted by Gasteiger charge is -2.15. The highest BCUT2D eigenvalue weighted by Crippen LogP contribution is 2.36. The molecule has 1 aromatic rings. The van der Waals surface area contributed by atoms with E-state index < -0.39 is 5.92 Å². The molecule has 6 heteroatoms. The third-order valence-corrected chi connectivity index (χ3v) is 2.74. The number of ether oxygens (including phenoxy) is 1. The quantitative estimate of drug-likeness (QED) is 0.498. The van der Waals surface area contributed by atoms with E-state index in [4.69, 9.17) is 33.8 Å². The minimum atomic E-state index is -0.490. The van der Waals surface area contributed by atoms with Crippen LogP contribution < -0.4 is 16.0 Å². The van der Waals surface area contributed by atoms with E-state index >= 15 is 0 Å². The molecule has 16 heavy (non-hydrogen) atoms. The number of amides is 1. The van der Waals surface area contributed by atoms with E-state index in [0.717, 1.165) is 0 Å². The molecular weight excluding hydrogens is 251 g/mol. The minimum Gasteiger partial charge on any atom is -0.495 e. The molecule has 0 aliphatic heterocycles. The first kappa shape index (κ1) is 13.1. The number of methoxy groups -OCH3 is 1. The molecular formula is C10H12Cl2N2O2. The monoisotopic (exact) mass is 262 g/mol. The van der Waals surface area contributed by atoms with Gasteiger partial charge in [-0.15, -0.1) is 0 Å². The molecule has 1 amide bonds. The van der Waals surface area contributed by atoms with Crippen molar-refractivity contribution < 1.29 is 9.53 Å². The fourth-order valence-electron chi connectivity index (χ4n) is 1.38. The first-order valence-corrected chi connectivity index (χ1v) is 5.30. The third kappa shape index (κ3) is 2.58. The van der Waals surface area contributed by atoms with Crippen LogP contribution in [0, 0.1) is 0 Å². The fraction of sp³-hybridized carbons (Fsp3) is 0.300. The van der Waals surface area contributed by atoms with E-state index in [-0.39, 0.29) is 5.91 Å². The molecule has 0 heterocycles. The van der Waals surface area contributed by atoms with Gasteiger partial charge in [-0.2, -0.15) is 0 Å². The van der Waals surface area contributed by atoms with Crippen molar-refractivity contribution in [2.45, 2.75) is 12.8 Å². The van der Waals surface area contributed by atoms with Crippen molar-refractivity contribution in [3.05, 3.63) is 27.7 Å². The predicted molar refractivity (Wildman–Crippen MR) is 63.8 cm³/mol. The summed E-state index contributed by atoms with van der Waals surface area (Å²) in [4.78, 5) is 11.4. The van der Waals surface area contributed by atoms with Gasteiger partial charge in [0.2, 0.25) is 5.91 Å². The van der Waals surface area contributed by atoms with Crippen molar-refractivity contribution in [2.75, 3.05) is 7.11 Å². The van der Waals surface area contributed by atoms with Gasteiger partial charge >= 0.3 is 0 Å². The Balaban J connectivity index is 3.25. The van der Waals surface area contributed by atoms with E-state index in [2.05, 4.69) is 5.43 Å². The van der Waals surface area contributed by atoms with Crippen LogP contribution in [0.15, 0.2) is 12.1 Å². The van der Waals surface area contributed by atoms with Crippen LogP contribution in [-0.4, -0.2) is 13.0 Å². The SMILES string of the molecule is COc1c(Cl)cc(Cl)cc1C(C)C(=O)NN. The fourth-order valence-corrected chi connectivity index (χ4v) is 1.97. The molecule has 1 aromatic carbocycles. The van der Waals surface area contributed by atoms with E-state index in [1.165, 1.54) is 7.11 Å². The molecule has 0 saturated carbocycles. The summed E-state index contributed by atoms with van der Waals surface area (Å²) < 4.78 is 5.14. The van der Waals surface area contributed by atoms with Crippen molar-refractivity contribution in [1.29, 1.82) is 0 Å². The average molecular weight is 263 g/mol. The zero-order valence-corrected chi connectivity index (χ0v) is 10.4. The van der Waals surface area contributed by atoms with Crippen LogP contribution in [0.3, 0.4) is 0 Å². The Kier molecular flexibility index (Phi) is 4.41. The van der Waals surface area contributed by atoms with Gasteiger partial charge in [-0.3, -0.25) is 10.2 Å². The average Bonchev–Trinajstić information content (AvgIpc) is 2.26. The standard InChI is InChI=1S/C10H12Cl2N2O2/c1-5(10(15)14-13)7-3-6(11)4-8(12)9(7)16-2/h3-5H,13H2,1-2H3,(H,14,15). The van der Waals surface area contributed by atoms with Gasteiger partial charge in [0.25, 0.3) is 0 Å². The van der Waals surface area contributed by atoms with E-state index in [9.17, 15) is 4.79 Å². The Labute approximate surface area is 104 Å². The molecule has 0 fully saturated rings. The van der Waals surface area contributed by atoms with Crippen molar-refractivity contribution in [3.63, 3.8) is 0 Å². The van der Waals surface area contributed by atoms with Crippen LogP contribution in [0.5, 0.6) is 5.75 Å². The van der Waals surface area contributed by atoms with E-state index in [1.807, 2.05) is 0 Å². The molecule has 0 spiro atoms. The number of carbonyl (C=O) groups excluding carboxylic acids is 1. The zero-order chi connectivity index (χ0) is 12.3. The van der Waals surface area contributed by atoms with Gasteiger partial charge in [0.15, 0.2) is 0 Å². The molecule has 3 N–H and O–H groups in total. The summed E-state index contributed by atoms with van der Waals surface area (Å²) >= 11 is 11.8. The van der Waals surface area contributed by atoms with Gasteiger partial charge < -0.3 is 4.74 Å². The van der Waals surface area contributed by atoms with Crippen LogP contribution in [0.25, 0.3) is 0 Å². The summed E-state index contributed by atoms with van der Waals surface area (Å²) in [5.41, 5.74) is 2.67. The Hall–Kier alpha value is -0.970. The summed E-state index contributed by atoms with van der Waals surface area (Å²) in [6.45, 7) is 1.69. The van der Waals surface area contributed by atoms with Crippen molar-refractivity contribution >= 4 is 29.1 Å². The second-order valence-electron chi connectivity index (χ2n) is 3.24. The van der Waals surface area contributed by atoms with Crippen molar-refractivity contribution in [3.8, 4) is 5.75 Å². The Morgan fingerprint density at radius 1 is 1.50 bits per heavy atom. The normalized spacial score (nSPS) is 12.1. The maximum absolute atomic E-state index is 11.4. The van der Waals surface area contributed by atoms with Gasteiger partial charge in [-0.25, -0.2) is 5.84 Å². The topological polar surface area (TPSA) is 64.3 Å². The Morgan fingerprint density at radius 2 is 2.12 bits per heavy atom. The van der Waals surface area contributed by atoms with Gasteiger partial charge in [-0.05, 0) is 19.1 Å². The lowest BCUT2D eigenvalue weighted by Crippen LogP contribution is -2.33. The molecule has 0 bridgehead atoms. The van der Waals surface area contributed by atoms with Crippen LogP contribution in [0.4, 0.5) is 0 Å². The maximum Gasteiger partial charge on any atom is 0.241 e. The van der Waals surface area contributed by atoms with Gasteiger partial charge in [0.1, 0.15) is 5.75 Å². The minimum absolute atomic E-state index is 0.336. The number of hydrogen-bond acceptors (Lipinski definition) is 3. The van der Waals surface area contributed by atoms with Crippen molar-refractivity contribution in [2.24, 2.45) is 5.84 Å². The van der Waals surface area contributed by atoms with Crippen LogP contribution in [0.1, 0.15) is 18.4 Å². The zero-order valence-electron chi connectivity index (χ0n) is 8.88. The summed E-state index contributed by atoms with van der Waals surface area (Å²) in [7, 11) is 1.48. The van der Waals surface area contributed by atoms with Gasteiger partial charge in [-0.1, -0.05) is 23.2 Å². The first-order chi connectivity index (χ1) is 7.51. The highest BCUT2D eigenvalue weighted by molar-refractivity contribution is 6.35. The number of hydrogen-bond donors (Lipinski definition) is 2. The summed E-state index contributed by atoms with van der Waals surface area (Å²) in [5, 5.41) is 0.805. The van der Waals surface area contributed by atoms with Gasteiger partial charge in [0.05, 0.1) is 18.1 Å². The smallest absolute Gasteiger partial charge is 0.241 e. The summed E-state index contributed by atoms with van der Waals surface area (Å²) in [5.74, 6) is 4.68. The maximum atomic E-state index is 11.4. The molecule has 1 unspecified atom stereocenters. The number of rotatable bonds is 3. The van der Waals surface area contributed by atoms with Crippen LogP contribution >= 0.6 is 23.2 Å². The van der Waals surface area contributed by atoms with E-state index in [0.29, 0.717) is 21.4 Å². The second kappa shape index (κ2) is 5.39. The predicted octanol–water partition coefficient (Wildman–Crippen LogP) is 2.10. The van der Waals surface area contributed by atoms with Crippen LogP contribution in [-0.2, 0) is 4.79 Å². The number of nitrogens with one attached hydrogen (secondary N) is 1. The number of nitrogens with two attached hydrogens (primary N) is 1. The summed E-state index contributed by atoms with van der Waals surface area (Å²) in [6, 6.07) is 3.19. The third-order valence-electron chi connectivity index (χ3n) is 2.24. The first-order valence-electron chi connectivity index (χ1n) is 4.54. The number of hydrazine groups is 1. The molecule has 0 aromatic heterocycles. The summed E-state index contributed by atoms with van der Waals surface area (Å²) in [6.07, 6.45) is 0. The van der Waals surface area contributed by atoms with Crippen molar-refractivity contribution in [1.82, 2.24) is 5.43 Å². The number of halogens is 2. The lowest BCUT2D eigenvalue weighted by atomic mass is 9.99. The molecule has 1 atom stereocenters. The van der Waals surface area contributed by atoms with E-state index in [1.54, 1.807) is 19.1 Å². The highest BCUT2D eigenvalue weighted by Gasteiger charge is 2.20. The Morgan fingerprint density at radius 3 is 2.62 bits per heavy atom. The highest BCUT2D eigenvalue weighted by atomic mass is 35.5. The number of carbonyl (C=O) groups is 1. The molecule has 0 aliphatic carbocycles. The largest absolute Gasteiger partial charge is 0.495 e. The van der Waals surface area contributed by atoms with Crippen LogP contribution in [0.2, 0.25) is 10.0 Å². The number of benzene rings is 1. The molecule has 0 saturated heterocycles.